The maximum absolute atomic E-state index is 6.35. The number of nitrogens with zero attached hydrogens (tertiary/aromatic N) is 1. The van der Waals surface area contributed by atoms with Crippen LogP contribution in [0.2, 0.25) is 5.02 Å². The average molecular weight is 375 g/mol. The van der Waals surface area contributed by atoms with Gasteiger partial charge >= 0.3 is 0 Å². The van der Waals surface area contributed by atoms with Crippen molar-refractivity contribution in [1.82, 2.24) is 0 Å². The second kappa shape index (κ2) is 7.29. The Morgan fingerprint density at radius 2 is 1.63 bits per heavy atom. The van der Waals surface area contributed by atoms with Crippen LogP contribution in [0, 0.1) is 13.8 Å². The highest BCUT2D eigenvalue weighted by Gasteiger charge is 2.08. The molecule has 0 bridgehead atoms. The Hall–Kier alpha value is -3.04. The molecule has 3 aromatic carbocycles. The van der Waals surface area contributed by atoms with Gasteiger partial charge in [0.1, 0.15) is 11.3 Å². The summed E-state index contributed by atoms with van der Waals surface area (Å²) in [4.78, 5) is 0. The third kappa shape index (κ3) is 3.74. The molecule has 0 unspecified atom stereocenters. The fourth-order valence-corrected chi connectivity index (χ4v) is 3.04. The van der Waals surface area contributed by atoms with Crippen molar-refractivity contribution in [3.8, 4) is 11.3 Å². The predicted octanol–water partition coefficient (Wildman–Crippen LogP) is 6.30. The van der Waals surface area contributed by atoms with Crippen molar-refractivity contribution in [2.24, 2.45) is 5.10 Å². The molecule has 3 nitrogen and oxygen atoms in total. The minimum Gasteiger partial charge on any atom is -0.456 e. The van der Waals surface area contributed by atoms with Crippen molar-refractivity contribution in [2.75, 3.05) is 5.43 Å². The largest absolute Gasteiger partial charge is 0.456 e. The van der Waals surface area contributed by atoms with Gasteiger partial charge in [0.25, 0.3) is 0 Å². The molecule has 1 aromatic heterocycles. The van der Waals surface area contributed by atoms with E-state index in [1.54, 1.807) is 0 Å². The lowest BCUT2D eigenvalue weighted by Gasteiger charge is -2.08. The van der Waals surface area contributed by atoms with Gasteiger partial charge in [-0.05, 0) is 43.7 Å². The first-order chi connectivity index (χ1) is 13.1. The highest BCUT2D eigenvalue weighted by Crippen LogP contribution is 2.26. The Bertz CT molecular complexity index is 1160. The molecular weight excluding hydrogens is 356 g/mol. The topological polar surface area (TPSA) is 37.5 Å². The van der Waals surface area contributed by atoms with Crippen LogP contribution in [0.5, 0.6) is 0 Å². The number of aryl methyl sites for hydroxylation is 2. The number of anilines is 1. The fraction of sp³-hybridized carbons (Fsp3) is 0.0870. The van der Waals surface area contributed by atoms with E-state index in [9.17, 15) is 0 Å². The molecule has 0 spiro atoms. The van der Waals surface area contributed by atoms with E-state index in [2.05, 4.69) is 41.7 Å². The predicted molar refractivity (Wildman–Crippen MR) is 112 cm³/mol. The molecule has 1 heterocycles. The highest BCUT2D eigenvalue weighted by atomic mass is 35.5. The first kappa shape index (κ1) is 17.4. The third-order valence-corrected chi connectivity index (χ3v) is 4.85. The molecule has 0 radical (unpaired) electrons. The van der Waals surface area contributed by atoms with Gasteiger partial charge in [-0.2, -0.15) is 5.10 Å². The van der Waals surface area contributed by atoms with Crippen molar-refractivity contribution >= 4 is 28.3 Å². The zero-order valence-electron chi connectivity index (χ0n) is 15.2. The molecule has 0 atom stereocenters. The SMILES string of the molecule is Cc1ccc(-c2c/c(=N\Nc3ccccc3)c3cc(Cl)c(C)cc3o2)cc1. The van der Waals surface area contributed by atoms with Gasteiger partial charge in [0.2, 0.25) is 0 Å². The minimum atomic E-state index is 0.692. The fourth-order valence-electron chi connectivity index (χ4n) is 2.88. The molecule has 0 amide bonds. The van der Waals surface area contributed by atoms with Crippen LogP contribution in [0.15, 0.2) is 82.3 Å². The Labute approximate surface area is 162 Å². The molecule has 0 aliphatic carbocycles. The standard InChI is InChI=1S/C23H19ClN2O/c1-15-8-10-17(11-9-15)22-14-21(26-25-18-6-4-3-5-7-18)19-13-20(24)16(2)12-23(19)27-22/h3-14,25H,1-2H3/b26-21+. The van der Waals surface area contributed by atoms with Crippen LogP contribution >= 0.6 is 11.6 Å². The number of para-hydroxylation sites is 1. The van der Waals surface area contributed by atoms with E-state index < -0.39 is 0 Å². The van der Waals surface area contributed by atoms with Crippen molar-refractivity contribution in [3.05, 3.63) is 94.3 Å². The second-order valence-corrected chi connectivity index (χ2v) is 6.96. The maximum Gasteiger partial charge on any atom is 0.137 e. The van der Waals surface area contributed by atoms with E-state index in [-0.39, 0.29) is 0 Å². The molecule has 4 aromatic rings. The monoisotopic (exact) mass is 374 g/mol. The molecule has 1 N–H and O–H groups in total. The number of fused-ring (bicyclic) bond motifs is 1. The summed E-state index contributed by atoms with van der Waals surface area (Å²) in [6, 6.07) is 23.9. The number of benzene rings is 3. The first-order valence-electron chi connectivity index (χ1n) is 8.76. The van der Waals surface area contributed by atoms with Crippen LogP contribution in [0.1, 0.15) is 11.1 Å². The lowest BCUT2D eigenvalue weighted by Crippen LogP contribution is -2.07. The van der Waals surface area contributed by atoms with Gasteiger partial charge < -0.3 is 4.42 Å². The summed E-state index contributed by atoms with van der Waals surface area (Å²) in [5.74, 6) is 0.762. The Balaban J connectivity index is 1.91. The van der Waals surface area contributed by atoms with Crippen molar-refractivity contribution in [3.63, 3.8) is 0 Å². The second-order valence-electron chi connectivity index (χ2n) is 6.55. The molecule has 0 fully saturated rings. The smallest absolute Gasteiger partial charge is 0.137 e. The van der Waals surface area contributed by atoms with Crippen molar-refractivity contribution < 1.29 is 4.42 Å². The zero-order chi connectivity index (χ0) is 18.8. The number of hydrogen-bond donors (Lipinski definition) is 1. The summed E-state index contributed by atoms with van der Waals surface area (Å²) in [6.07, 6.45) is 0. The van der Waals surface area contributed by atoms with E-state index >= 15 is 0 Å². The van der Waals surface area contributed by atoms with Crippen LogP contribution in [-0.2, 0) is 0 Å². The zero-order valence-corrected chi connectivity index (χ0v) is 15.9. The van der Waals surface area contributed by atoms with Crippen molar-refractivity contribution in [1.29, 1.82) is 0 Å². The molecule has 0 aliphatic heterocycles. The van der Waals surface area contributed by atoms with E-state index in [4.69, 9.17) is 16.0 Å². The van der Waals surface area contributed by atoms with Crippen LogP contribution in [-0.4, -0.2) is 0 Å². The Kier molecular flexibility index (Phi) is 4.69. The van der Waals surface area contributed by atoms with Gasteiger partial charge in [-0.15, -0.1) is 0 Å². The number of halogens is 1. The van der Waals surface area contributed by atoms with Crippen LogP contribution in [0.4, 0.5) is 5.69 Å². The summed E-state index contributed by atoms with van der Waals surface area (Å²) in [6.45, 7) is 4.03. The molecule has 0 saturated carbocycles. The van der Waals surface area contributed by atoms with Gasteiger partial charge in [0.05, 0.1) is 11.0 Å². The van der Waals surface area contributed by atoms with Gasteiger partial charge in [-0.25, -0.2) is 0 Å². The van der Waals surface area contributed by atoms with Crippen LogP contribution < -0.4 is 10.8 Å². The maximum atomic E-state index is 6.35. The van der Waals surface area contributed by atoms with Gasteiger partial charge in [-0.3, -0.25) is 5.43 Å². The lowest BCUT2D eigenvalue weighted by atomic mass is 10.1. The number of rotatable bonds is 3. The third-order valence-electron chi connectivity index (χ3n) is 4.44. The van der Waals surface area contributed by atoms with E-state index in [1.165, 1.54) is 5.56 Å². The summed E-state index contributed by atoms with van der Waals surface area (Å²) in [7, 11) is 0. The Morgan fingerprint density at radius 1 is 0.889 bits per heavy atom. The molecule has 27 heavy (non-hydrogen) atoms. The Morgan fingerprint density at radius 3 is 2.37 bits per heavy atom. The first-order valence-corrected chi connectivity index (χ1v) is 9.14. The van der Waals surface area contributed by atoms with Gasteiger partial charge in [0, 0.05) is 22.0 Å². The number of nitrogens with one attached hydrogen (secondary N) is 1. The molecule has 0 saturated heterocycles. The number of hydrogen-bond acceptors (Lipinski definition) is 3. The van der Waals surface area contributed by atoms with E-state index in [1.807, 2.05) is 55.5 Å². The van der Waals surface area contributed by atoms with Gasteiger partial charge in [0.15, 0.2) is 0 Å². The summed E-state index contributed by atoms with van der Waals surface area (Å²) < 4.78 is 6.17. The molecule has 134 valence electrons. The van der Waals surface area contributed by atoms with Crippen molar-refractivity contribution in [2.45, 2.75) is 13.8 Å². The summed E-state index contributed by atoms with van der Waals surface area (Å²) >= 11 is 6.35. The molecule has 4 heteroatoms. The molecule has 0 aliphatic rings. The average Bonchev–Trinajstić information content (AvgIpc) is 2.68. The molecule has 4 rings (SSSR count). The summed E-state index contributed by atoms with van der Waals surface area (Å²) in [5.41, 5.74) is 7.97. The van der Waals surface area contributed by atoms with Crippen LogP contribution in [0.25, 0.3) is 22.3 Å². The van der Waals surface area contributed by atoms with E-state index in [0.717, 1.165) is 38.9 Å². The van der Waals surface area contributed by atoms with Crippen LogP contribution in [0.3, 0.4) is 0 Å². The van der Waals surface area contributed by atoms with Gasteiger partial charge in [-0.1, -0.05) is 59.6 Å². The minimum absolute atomic E-state index is 0.692. The highest BCUT2D eigenvalue weighted by molar-refractivity contribution is 6.32. The quantitative estimate of drug-likeness (QED) is 0.427. The summed E-state index contributed by atoms with van der Waals surface area (Å²) in [5, 5.41) is 6.94. The van der Waals surface area contributed by atoms with E-state index in [0.29, 0.717) is 5.02 Å². The lowest BCUT2D eigenvalue weighted by molar-refractivity contribution is 0.618. The normalized spacial score (nSPS) is 11.7. The molecular formula is C23H19ClN2O.